The van der Waals surface area contributed by atoms with Crippen LogP contribution >= 0.6 is 0 Å². The summed E-state index contributed by atoms with van der Waals surface area (Å²) in [7, 11) is 0. The molecule has 1 aliphatic carbocycles. The topological polar surface area (TPSA) is 78.4 Å². The number of anilines is 1. The predicted molar refractivity (Wildman–Crippen MR) is 86.2 cm³/mol. The Labute approximate surface area is 136 Å². The maximum absolute atomic E-state index is 12.4. The van der Waals surface area contributed by atoms with Crippen molar-refractivity contribution in [3.63, 3.8) is 0 Å². The van der Waals surface area contributed by atoms with E-state index in [0.29, 0.717) is 37.8 Å². The van der Waals surface area contributed by atoms with Crippen molar-refractivity contribution in [2.24, 2.45) is 0 Å². The van der Waals surface area contributed by atoms with Crippen LogP contribution in [0.2, 0.25) is 0 Å². The molecule has 0 bridgehead atoms. The van der Waals surface area contributed by atoms with Gasteiger partial charge in [0.1, 0.15) is 5.69 Å². The van der Waals surface area contributed by atoms with Crippen LogP contribution in [-0.4, -0.2) is 59.4 Å². The Balaban J connectivity index is 1.62. The molecule has 1 N–H and O–H groups in total. The number of nitrogens with one attached hydrogen (secondary N) is 1. The van der Waals surface area contributed by atoms with Crippen molar-refractivity contribution >= 4 is 18.3 Å². The number of hydrogen-bond donors (Lipinski definition) is 1. The summed E-state index contributed by atoms with van der Waals surface area (Å²) >= 11 is 0. The summed E-state index contributed by atoms with van der Waals surface area (Å²) in [6, 6.07) is 1.93. The van der Waals surface area contributed by atoms with Gasteiger partial charge in [-0.2, -0.15) is 0 Å². The third kappa shape index (κ3) is 3.97. The lowest BCUT2D eigenvalue weighted by atomic mass is 9.95. The molecule has 1 aliphatic heterocycles. The molecule has 7 heteroatoms. The molecule has 1 saturated heterocycles. The average molecular weight is 317 g/mol. The van der Waals surface area contributed by atoms with Crippen LogP contribution in [0.15, 0.2) is 12.3 Å². The van der Waals surface area contributed by atoms with Crippen LogP contribution in [0.1, 0.15) is 42.6 Å². The summed E-state index contributed by atoms with van der Waals surface area (Å²) in [5.74, 6) is 0.443. The van der Waals surface area contributed by atoms with Gasteiger partial charge in [0, 0.05) is 38.4 Å². The molecule has 0 aromatic carbocycles. The quantitative estimate of drug-likeness (QED) is 0.832. The zero-order valence-electron chi connectivity index (χ0n) is 13.3. The second kappa shape index (κ2) is 7.39. The van der Waals surface area contributed by atoms with E-state index in [-0.39, 0.29) is 11.9 Å². The molecule has 1 aromatic rings. The second-order valence-electron chi connectivity index (χ2n) is 6.18. The molecule has 1 aromatic heterocycles. The first-order valence-electron chi connectivity index (χ1n) is 8.34. The third-order valence-electron chi connectivity index (χ3n) is 4.56. The minimum absolute atomic E-state index is 0.118. The summed E-state index contributed by atoms with van der Waals surface area (Å²) < 4.78 is 0. The number of aromatic nitrogens is 2. The number of hydrogen-bond acceptors (Lipinski definition) is 5. The fourth-order valence-electron chi connectivity index (χ4n) is 3.16. The van der Waals surface area contributed by atoms with Crippen molar-refractivity contribution in [2.45, 2.75) is 38.1 Å². The highest BCUT2D eigenvalue weighted by Gasteiger charge is 2.21. The van der Waals surface area contributed by atoms with Crippen molar-refractivity contribution in [3.05, 3.63) is 18.0 Å². The molecular formula is C16H23N5O2. The van der Waals surface area contributed by atoms with E-state index in [2.05, 4.69) is 15.3 Å². The van der Waals surface area contributed by atoms with Gasteiger partial charge in [-0.1, -0.05) is 19.3 Å². The first-order chi connectivity index (χ1) is 11.3. The summed E-state index contributed by atoms with van der Waals surface area (Å²) in [6.45, 7) is 2.69. The van der Waals surface area contributed by atoms with Crippen LogP contribution in [-0.2, 0) is 4.79 Å². The van der Waals surface area contributed by atoms with Crippen LogP contribution in [0.5, 0.6) is 0 Å². The van der Waals surface area contributed by atoms with E-state index in [0.717, 1.165) is 19.3 Å². The lowest BCUT2D eigenvalue weighted by Crippen LogP contribution is -2.46. The van der Waals surface area contributed by atoms with Gasteiger partial charge in [0.2, 0.25) is 12.4 Å². The Morgan fingerprint density at radius 2 is 1.91 bits per heavy atom. The molecule has 0 spiro atoms. The molecule has 124 valence electrons. The fourth-order valence-corrected chi connectivity index (χ4v) is 3.16. The minimum atomic E-state index is -0.118. The maximum Gasteiger partial charge on any atom is 0.270 e. The highest BCUT2D eigenvalue weighted by molar-refractivity contribution is 5.92. The van der Waals surface area contributed by atoms with Crippen molar-refractivity contribution in [3.8, 4) is 0 Å². The van der Waals surface area contributed by atoms with Crippen molar-refractivity contribution in [2.75, 3.05) is 31.1 Å². The zero-order chi connectivity index (χ0) is 16.1. The van der Waals surface area contributed by atoms with E-state index in [1.165, 1.54) is 19.3 Å². The largest absolute Gasteiger partial charge is 0.348 e. The summed E-state index contributed by atoms with van der Waals surface area (Å²) in [5.41, 5.74) is 0.415. The van der Waals surface area contributed by atoms with Gasteiger partial charge < -0.3 is 15.1 Å². The predicted octanol–water partition coefficient (Wildman–Crippen LogP) is 0.817. The molecule has 1 saturated carbocycles. The number of amides is 2. The number of rotatable bonds is 4. The second-order valence-corrected chi connectivity index (χ2v) is 6.18. The molecule has 0 radical (unpaired) electrons. The van der Waals surface area contributed by atoms with E-state index in [4.69, 9.17) is 0 Å². The molecule has 2 heterocycles. The fraction of sp³-hybridized carbons (Fsp3) is 0.625. The highest BCUT2D eigenvalue weighted by Crippen LogP contribution is 2.18. The van der Waals surface area contributed by atoms with E-state index >= 15 is 0 Å². The standard InChI is InChI=1S/C16H23N5O2/c22-12-20-8-10-21(11-9-20)16-17-7-6-14(19-16)15(23)18-13-4-2-1-3-5-13/h6-7,12-13H,1-5,8-11H2,(H,18,23). The summed E-state index contributed by atoms with van der Waals surface area (Å²) in [5, 5.41) is 3.08. The minimum Gasteiger partial charge on any atom is -0.348 e. The molecule has 2 aliphatic rings. The number of carbonyl (C=O) groups is 2. The van der Waals surface area contributed by atoms with Crippen molar-refractivity contribution in [1.29, 1.82) is 0 Å². The number of carbonyl (C=O) groups excluding carboxylic acids is 2. The molecule has 7 nitrogen and oxygen atoms in total. The van der Waals surface area contributed by atoms with E-state index < -0.39 is 0 Å². The lowest BCUT2D eigenvalue weighted by molar-refractivity contribution is -0.118. The number of piperazine rings is 1. The van der Waals surface area contributed by atoms with Gasteiger partial charge >= 0.3 is 0 Å². The Hall–Kier alpha value is -2.18. The average Bonchev–Trinajstić information content (AvgIpc) is 2.63. The molecule has 0 atom stereocenters. The van der Waals surface area contributed by atoms with Crippen molar-refractivity contribution < 1.29 is 9.59 Å². The van der Waals surface area contributed by atoms with Gasteiger partial charge in [-0.05, 0) is 18.9 Å². The number of nitrogens with zero attached hydrogens (tertiary/aromatic N) is 4. The Morgan fingerprint density at radius 1 is 1.17 bits per heavy atom. The van der Waals surface area contributed by atoms with Gasteiger partial charge in [0.15, 0.2) is 0 Å². The Bertz CT molecular complexity index is 551. The van der Waals surface area contributed by atoms with Gasteiger partial charge in [0.05, 0.1) is 0 Å². The van der Waals surface area contributed by atoms with Gasteiger partial charge in [-0.15, -0.1) is 0 Å². The molecule has 3 rings (SSSR count). The first kappa shape index (κ1) is 15.7. The summed E-state index contributed by atoms with van der Waals surface area (Å²) in [4.78, 5) is 35.6. The van der Waals surface area contributed by atoms with Crippen LogP contribution in [0.3, 0.4) is 0 Å². The Kier molecular flexibility index (Phi) is 5.05. The van der Waals surface area contributed by atoms with Gasteiger partial charge in [-0.25, -0.2) is 9.97 Å². The Morgan fingerprint density at radius 3 is 2.61 bits per heavy atom. The zero-order valence-corrected chi connectivity index (χ0v) is 13.3. The molecule has 2 amide bonds. The van der Waals surface area contributed by atoms with Crippen LogP contribution in [0.4, 0.5) is 5.95 Å². The monoisotopic (exact) mass is 317 g/mol. The molecule has 0 unspecified atom stereocenters. The van der Waals surface area contributed by atoms with E-state index in [1.54, 1.807) is 17.2 Å². The maximum atomic E-state index is 12.4. The third-order valence-corrected chi connectivity index (χ3v) is 4.56. The van der Waals surface area contributed by atoms with Gasteiger partial charge in [0.25, 0.3) is 5.91 Å². The molecule has 2 fully saturated rings. The van der Waals surface area contributed by atoms with E-state index in [9.17, 15) is 9.59 Å². The van der Waals surface area contributed by atoms with Crippen molar-refractivity contribution in [1.82, 2.24) is 20.2 Å². The summed E-state index contributed by atoms with van der Waals surface area (Å²) in [6.07, 6.45) is 8.23. The normalized spacial score (nSPS) is 19.5. The SMILES string of the molecule is O=CN1CCN(c2nccc(C(=O)NC3CCCCC3)n2)CC1. The molecular weight excluding hydrogens is 294 g/mol. The first-order valence-corrected chi connectivity index (χ1v) is 8.34. The van der Waals surface area contributed by atoms with Crippen LogP contribution in [0, 0.1) is 0 Å². The van der Waals surface area contributed by atoms with Crippen LogP contribution < -0.4 is 10.2 Å². The smallest absolute Gasteiger partial charge is 0.270 e. The van der Waals surface area contributed by atoms with E-state index in [1.807, 2.05) is 4.90 Å². The molecule has 23 heavy (non-hydrogen) atoms. The lowest BCUT2D eigenvalue weighted by Gasteiger charge is -2.32. The highest BCUT2D eigenvalue weighted by atomic mass is 16.2. The van der Waals surface area contributed by atoms with Crippen LogP contribution in [0.25, 0.3) is 0 Å². The van der Waals surface area contributed by atoms with Gasteiger partial charge in [-0.3, -0.25) is 9.59 Å².